The minimum Gasteiger partial charge on any atom is -0.502 e. The van der Waals surface area contributed by atoms with Crippen LogP contribution in [0, 0.1) is 35.4 Å². The number of phenols is 1. The van der Waals surface area contributed by atoms with Gasteiger partial charge in [-0.05, 0) is 103 Å². The Morgan fingerprint density at radius 2 is 1.55 bits per heavy atom. The van der Waals surface area contributed by atoms with Gasteiger partial charge in [-0.1, -0.05) is 66.6 Å². The zero-order valence-corrected chi connectivity index (χ0v) is 31.6. The molecule has 4 aliphatic rings. The lowest BCUT2D eigenvalue weighted by atomic mass is 9.50. The number of carbonyl (C=O) groups is 4. The highest BCUT2D eigenvalue weighted by Crippen LogP contribution is 2.62. The fourth-order valence-electron chi connectivity index (χ4n) is 9.25. The van der Waals surface area contributed by atoms with Crippen molar-refractivity contribution in [3.05, 3.63) is 130 Å². The topological polar surface area (TPSA) is 125 Å². The SMILES string of the molecule is CCc1ccc(N2C(=O)[C@H]3[C@H](CC=C4[C@H]3C[C@H]3C(=O)N(Nc5ccc(F)cc5)C(=O)[C@@]3(c3ccc(Cl)cc3)[C@H]4C=Cc3cc(OC)c(O)c(OC)c3)C2=O)cc1. The van der Waals surface area contributed by atoms with Crippen LogP contribution in [0.15, 0.2) is 103 Å². The molecule has 12 heteroatoms. The van der Waals surface area contributed by atoms with Gasteiger partial charge in [-0.2, -0.15) is 5.01 Å². The third kappa shape index (κ3) is 5.75. The largest absolute Gasteiger partial charge is 0.502 e. The molecule has 0 aromatic heterocycles. The van der Waals surface area contributed by atoms with E-state index in [0.29, 0.717) is 27.5 Å². The minimum absolute atomic E-state index is 0.106. The zero-order chi connectivity index (χ0) is 39.5. The molecular weight excluding hydrogens is 737 g/mol. The van der Waals surface area contributed by atoms with E-state index in [1.165, 1.54) is 43.4 Å². The lowest BCUT2D eigenvalue weighted by molar-refractivity contribution is -0.139. The Balaban J connectivity index is 1.30. The number of amides is 4. The van der Waals surface area contributed by atoms with E-state index >= 15 is 4.79 Å². The Morgan fingerprint density at radius 3 is 2.18 bits per heavy atom. The van der Waals surface area contributed by atoms with E-state index < -0.39 is 52.6 Å². The van der Waals surface area contributed by atoms with Gasteiger partial charge in [0.15, 0.2) is 11.5 Å². The number of nitrogens with one attached hydrogen (secondary N) is 1. The van der Waals surface area contributed by atoms with Gasteiger partial charge in [-0.15, -0.1) is 0 Å². The molecule has 0 bridgehead atoms. The van der Waals surface area contributed by atoms with E-state index in [0.717, 1.165) is 22.6 Å². The Morgan fingerprint density at radius 1 is 0.893 bits per heavy atom. The standard InChI is InChI=1S/C44H39ClFN3O7/c1-4-24-5-16-30(17-6-24)48-40(51)32-19-18-31-33(38(32)42(48)53)23-35-41(52)49(47-29-14-12-28(46)13-15-29)43(54)44(35,26-8-10-27(45)11-9-26)34(31)20-7-25-21-36(55-2)39(50)37(22-25)56-3/h5-18,20-22,32-35,38,47,50H,4,19,23H2,1-3H3/t32-,33+,34-,35-,38-,44-/m0/s1. The molecule has 286 valence electrons. The van der Waals surface area contributed by atoms with Crippen molar-refractivity contribution >= 4 is 52.7 Å². The summed E-state index contributed by atoms with van der Waals surface area (Å²) in [4.78, 5) is 60.0. The first kappa shape index (κ1) is 37.0. The maximum atomic E-state index is 15.3. The normalized spacial score (nSPS) is 25.6. The van der Waals surface area contributed by atoms with E-state index in [4.69, 9.17) is 21.1 Å². The van der Waals surface area contributed by atoms with Crippen molar-refractivity contribution < 1.29 is 38.1 Å². The summed E-state index contributed by atoms with van der Waals surface area (Å²) in [6.45, 7) is 2.03. The zero-order valence-electron chi connectivity index (χ0n) is 30.9. The molecule has 3 fully saturated rings. The summed E-state index contributed by atoms with van der Waals surface area (Å²) in [6, 6.07) is 22.8. The Labute approximate surface area is 328 Å². The number of hydrogen-bond donors (Lipinski definition) is 2. The number of methoxy groups -OCH3 is 2. The summed E-state index contributed by atoms with van der Waals surface area (Å²) in [6.07, 6.45) is 6.76. The molecule has 4 amide bonds. The molecule has 6 atom stereocenters. The molecule has 2 aliphatic carbocycles. The minimum atomic E-state index is -1.53. The Hall–Kier alpha value is -5.94. The number of aryl methyl sites for hydroxylation is 1. The van der Waals surface area contributed by atoms with Crippen LogP contribution in [0.5, 0.6) is 17.2 Å². The first-order chi connectivity index (χ1) is 27.0. The third-order valence-electron chi connectivity index (χ3n) is 11.9. The van der Waals surface area contributed by atoms with Crippen LogP contribution < -0.4 is 19.8 Å². The van der Waals surface area contributed by atoms with E-state index in [1.807, 2.05) is 31.2 Å². The fraction of sp³-hybridized carbons (Fsp3) is 0.273. The van der Waals surface area contributed by atoms with Crippen molar-refractivity contribution in [1.29, 1.82) is 0 Å². The second-order valence-electron chi connectivity index (χ2n) is 14.6. The van der Waals surface area contributed by atoms with Crippen LogP contribution in [-0.4, -0.2) is 48.0 Å². The molecule has 0 unspecified atom stereocenters. The summed E-state index contributed by atoms with van der Waals surface area (Å²) >= 11 is 6.39. The van der Waals surface area contributed by atoms with Crippen molar-refractivity contribution in [2.24, 2.45) is 29.6 Å². The van der Waals surface area contributed by atoms with Crippen LogP contribution in [0.4, 0.5) is 15.8 Å². The van der Waals surface area contributed by atoms with Gasteiger partial charge in [-0.25, -0.2) is 4.39 Å². The molecule has 2 N–H and O–H groups in total. The number of benzene rings is 4. The van der Waals surface area contributed by atoms with Crippen LogP contribution in [0.2, 0.25) is 5.02 Å². The molecule has 2 saturated heterocycles. The Kier molecular flexibility index (Phi) is 9.44. The number of phenolic OH excluding ortho intramolecular Hbond substituents is 1. The van der Waals surface area contributed by atoms with Gasteiger partial charge in [0.05, 0.1) is 48.8 Å². The number of carbonyl (C=O) groups excluding carboxylic acids is 4. The lowest BCUT2D eigenvalue weighted by Gasteiger charge is -2.49. The van der Waals surface area contributed by atoms with Crippen LogP contribution in [0.1, 0.15) is 36.5 Å². The molecular formula is C44H39ClFN3O7. The smallest absolute Gasteiger partial charge is 0.260 e. The van der Waals surface area contributed by atoms with Crippen LogP contribution in [0.3, 0.4) is 0 Å². The molecule has 2 heterocycles. The highest BCUT2D eigenvalue weighted by Gasteiger charge is 2.69. The number of halogens is 2. The Bertz CT molecular complexity index is 2290. The van der Waals surface area contributed by atoms with Gasteiger partial charge < -0.3 is 14.6 Å². The number of fused-ring (bicyclic) bond motifs is 4. The average molecular weight is 776 g/mol. The molecule has 8 rings (SSSR count). The van der Waals surface area contributed by atoms with Crippen LogP contribution >= 0.6 is 11.6 Å². The molecule has 2 aliphatic heterocycles. The molecule has 4 aromatic carbocycles. The first-order valence-electron chi connectivity index (χ1n) is 18.5. The highest BCUT2D eigenvalue weighted by molar-refractivity contribution is 6.30. The average Bonchev–Trinajstić information content (AvgIpc) is 3.59. The number of hydrogen-bond acceptors (Lipinski definition) is 8. The van der Waals surface area contributed by atoms with Gasteiger partial charge in [0, 0.05) is 10.9 Å². The highest BCUT2D eigenvalue weighted by atomic mass is 35.5. The molecule has 10 nitrogen and oxygen atoms in total. The van der Waals surface area contributed by atoms with Crippen molar-refractivity contribution in [2.75, 3.05) is 24.5 Å². The number of aromatic hydroxyl groups is 1. The van der Waals surface area contributed by atoms with Gasteiger partial charge in [0.25, 0.3) is 11.8 Å². The molecule has 4 aromatic rings. The van der Waals surface area contributed by atoms with Gasteiger partial charge in [0.2, 0.25) is 17.6 Å². The van der Waals surface area contributed by atoms with Crippen molar-refractivity contribution in [3.8, 4) is 17.2 Å². The maximum Gasteiger partial charge on any atom is 0.260 e. The number of hydrazine groups is 1. The number of nitrogens with zero attached hydrogens (tertiary/aromatic N) is 2. The second kappa shape index (κ2) is 14.3. The molecule has 1 saturated carbocycles. The maximum absolute atomic E-state index is 15.3. The van der Waals surface area contributed by atoms with E-state index in [9.17, 15) is 23.9 Å². The van der Waals surface area contributed by atoms with E-state index in [1.54, 1.807) is 54.6 Å². The molecule has 56 heavy (non-hydrogen) atoms. The predicted octanol–water partition coefficient (Wildman–Crippen LogP) is 7.50. The third-order valence-corrected chi connectivity index (χ3v) is 12.2. The summed E-state index contributed by atoms with van der Waals surface area (Å²) < 4.78 is 24.8. The van der Waals surface area contributed by atoms with Gasteiger partial charge >= 0.3 is 0 Å². The van der Waals surface area contributed by atoms with Crippen molar-refractivity contribution in [3.63, 3.8) is 0 Å². The number of rotatable bonds is 9. The fourth-order valence-corrected chi connectivity index (χ4v) is 9.38. The molecule has 0 radical (unpaired) electrons. The number of anilines is 2. The summed E-state index contributed by atoms with van der Waals surface area (Å²) in [5, 5.41) is 12.1. The lowest BCUT2D eigenvalue weighted by Crippen LogP contribution is -2.54. The van der Waals surface area contributed by atoms with Crippen molar-refractivity contribution in [2.45, 2.75) is 31.6 Å². The first-order valence-corrected chi connectivity index (χ1v) is 18.9. The van der Waals surface area contributed by atoms with Crippen LogP contribution in [-0.2, 0) is 31.0 Å². The number of ether oxygens (including phenoxy) is 2. The summed E-state index contributed by atoms with van der Waals surface area (Å²) in [7, 11) is 2.84. The van der Waals surface area contributed by atoms with Crippen LogP contribution in [0.25, 0.3) is 6.08 Å². The predicted molar refractivity (Wildman–Crippen MR) is 208 cm³/mol. The van der Waals surface area contributed by atoms with Gasteiger partial charge in [-0.3, -0.25) is 29.5 Å². The number of allylic oxidation sites excluding steroid dienone is 3. The summed E-state index contributed by atoms with van der Waals surface area (Å²) in [5.74, 6) is -5.83. The second-order valence-corrected chi connectivity index (χ2v) is 15.0. The van der Waals surface area contributed by atoms with E-state index in [-0.39, 0.29) is 41.9 Å². The number of imide groups is 2. The monoisotopic (exact) mass is 775 g/mol. The van der Waals surface area contributed by atoms with Gasteiger partial charge in [0.1, 0.15) is 5.82 Å². The summed E-state index contributed by atoms with van der Waals surface area (Å²) in [5.41, 5.74) is 5.18. The quantitative estimate of drug-likeness (QED) is 0.132. The van der Waals surface area contributed by atoms with Crippen molar-refractivity contribution in [1.82, 2.24) is 5.01 Å². The van der Waals surface area contributed by atoms with E-state index in [2.05, 4.69) is 5.43 Å². The molecule has 0 spiro atoms.